The molecular weight excluding hydrogens is 174 g/mol. The molecule has 0 radical (unpaired) electrons. The van der Waals surface area contributed by atoms with Crippen LogP contribution in [-0.4, -0.2) is 4.98 Å². The number of hydrogen-bond donors (Lipinski definition) is 2. The number of pyridine rings is 1. The van der Waals surface area contributed by atoms with Crippen molar-refractivity contribution in [1.29, 1.82) is 0 Å². The van der Waals surface area contributed by atoms with Gasteiger partial charge in [-0.2, -0.15) is 0 Å². The third kappa shape index (κ3) is 2.53. The van der Waals surface area contributed by atoms with Crippen LogP contribution in [0.2, 0.25) is 0 Å². The molecular formula is C11H17N3. The Morgan fingerprint density at radius 2 is 2.14 bits per heavy atom. The van der Waals surface area contributed by atoms with Gasteiger partial charge >= 0.3 is 0 Å². The highest BCUT2D eigenvalue weighted by atomic mass is 15.2. The minimum absolute atomic E-state index is 0.290. The molecule has 3 N–H and O–H groups in total. The lowest BCUT2D eigenvalue weighted by Gasteiger charge is -2.15. The summed E-state index contributed by atoms with van der Waals surface area (Å²) >= 11 is 0. The zero-order valence-corrected chi connectivity index (χ0v) is 8.32. The van der Waals surface area contributed by atoms with Gasteiger partial charge in [-0.15, -0.1) is 0 Å². The number of nitrogens with one attached hydrogen (secondary N) is 1. The molecule has 0 saturated heterocycles. The third-order valence-electron chi connectivity index (χ3n) is 2.87. The second-order valence-corrected chi connectivity index (χ2v) is 4.02. The minimum Gasteiger partial charge on any atom is -0.271 e. The van der Waals surface area contributed by atoms with Crippen molar-refractivity contribution in [1.82, 2.24) is 10.4 Å². The topological polar surface area (TPSA) is 50.9 Å². The van der Waals surface area contributed by atoms with E-state index in [0.29, 0.717) is 6.04 Å². The molecule has 76 valence electrons. The van der Waals surface area contributed by atoms with Gasteiger partial charge < -0.3 is 0 Å². The average Bonchev–Trinajstić information content (AvgIpc) is 3.04. The Morgan fingerprint density at radius 1 is 1.43 bits per heavy atom. The van der Waals surface area contributed by atoms with Crippen molar-refractivity contribution < 1.29 is 0 Å². The van der Waals surface area contributed by atoms with Crippen molar-refractivity contribution >= 4 is 0 Å². The quantitative estimate of drug-likeness (QED) is 0.551. The Bertz CT molecular complexity index is 269. The number of nitrogens with two attached hydrogens (primary N) is 1. The maximum absolute atomic E-state index is 5.54. The van der Waals surface area contributed by atoms with E-state index in [4.69, 9.17) is 5.84 Å². The predicted molar refractivity (Wildman–Crippen MR) is 56.3 cm³/mol. The molecule has 1 unspecified atom stereocenters. The van der Waals surface area contributed by atoms with Gasteiger partial charge in [0.25, 0.3) is 0 Å². The van der Waals surface area contributed by atoms with Crippen LogP contribution in [0.3, 0.4) is 0 Å². The summed E-state index contributed by atoms with van der Waals surface area (Å²) in [4.78, 5) is 4.00. The standard InChI is InChI=1S/C11H17N3/c12-14-11(4-3-9-1-2-9)10-5-7-13-8-6-10/h5-9,11,14H,1-4,12H2. The molecule has 1 heterocycles. The van der Waals surface area contributed by atoms with E-state index in [0.717, 1.165) is 12.3 Å². The first-order valence-corrected chi connectivity index (χ1v) is 5.26. The van der Waals surface area contributed by atoms with Crippen LogP contribution in [-0.2, 0) is 0 Å². The van der Waals surface area contributed by atoms with Gasteiger partial charge in [0, 0.05) is 18.4 Å². The molecule has 1 saturated carbocycles. The van der Waals surface area contributed by atoms with Gasteiger partial charge in [0.05, 0.1) is 0 Å². The summed E-state index contributed by atoms with van der Waals surface area (Å²) in [6, 6.07) is 4.34. The maximum atomic E-state index is 5.54. The summed E-state index contributed by atoms with van der Waals surface area (Å²) in [7, 11) is 0. The van der Waals surface area contributed by atoms with Gasteiger partial charge in [-0.25, -0.2) is 0 Å². The first-order chi connectivity index (χ1) is 6.90. The highest BCUT2D eigenvalue weighted by molar-refractivity contribution is 5.14. The Hall–Kier alpha value is -0.930. The normalized spacial score (nSPS) is 18.1. The van der Waals surface area contributed by atoms with Crippen molar-refractivity contribution in [2.24, 2.45) is 11.8 Å². The molecule has 0 spiro atoms. The van der Waals surface area contributed by atoms with Crippen LogP contribution in [0.1, 0.15) is 37.3 Å². The number of hydrogen-bond acceptors (Lipinski definition) is 3. The highest BCUT2D eigenvalue weighted by Gasteiger charge is 2.22. The lowest BCUT2D eigenvalue weighted by Crippen LogP contribution is -2.28. The molecule has 3 heteroatoms. The van der Waals surface area contributed by atoms with Gasteiger partial charge in [0.15, 0.2) is 0 Å². The van der Waals surface area contributed by atoms with Crippen LogP contribution < -0.4 is 11.3 Å². The number of hydrazine groups is 1. The molecule has 1 aromatic heterocycles. The van der Waals surface area contributed by atoms with E-state index in [1.807, 2.05) is 24.5 Å². The lowest BCUT2D eigenvalue weighted by molar-refractivity contribution is 0.481. The van der Waals surface area contributed by atoms with Crippen LogP contribution >= 0.6 is 0 Å². The summed E-state index contributed by atoms with van der Waals surface area (Å²) in [5.41, 5.74) is 4.11. The van der Waals surface area contributed by atoms with E-state index in [-0.39, 0.29) is 0 Å². The average molecular weight is 191 g/mol. The number of aromatic nitrogens is 1. The van der Waals surface area contributed by atoms with Gasteiger partial charge in [-0.1, -0.05) is 12.8 Å². The van der Waals surface area contributed by atoms with Crippen molar-refractivity contribution in [3.8, 4) is 0 Å². The van der Waals surface area contributed by atoms with Crippen molar-refractivity contribution in [3.05, 3.63) is 30.1 Å². The zero-order chi connectivity index (χ0) is 9.80. The molecule has 2 rings (SSSR count). The van der Waals surface area contributed by atoms with Crippen molar-refractivity contribution in [2.45, 2.75) is 31.7 Å². The van der Waals surface area contributed by atoms with Gasteiger partial charge in [0.1, 0.15) is 0 Å². The maximum Gasteiger partial charge on any atom is 0.0461 e. The van der Waals surface area contributed by atoms with E-state index in [1.54, 1.807) is 0 Å². The smallest absolute Gasteiger partial charge is 0.0461 e. The summed E-state index contributed by atoms with van der Waals surface area (Å²) in [5.74, 6) is 6.51. The SMILES string of the molecule is NNC(CCC1CC1)c1ccncc1. The monoisotopic (exact) mass is 191 g/mol. The van der Waals surface area contributed by atoms with Crippen LogP contribution in [0.5, 0.6) is 0 Å². The first kappa shape index (κ1) is 9.62. The van der Waals surface area contributed by atoms with Crippen LogP contribution in [0.4, 0.5) is 0 Å². The molecule has 0 aromatic carbocycles. The summed E-state index contributed by atoms with van der Waals surface area (Å²) < 4.78 is 0. The van der Waals surface area contributed by atoms with Crippen LogP contribution in [0.25, 0.3) is 0 Å². The molecule has 1 atom stereocenters. The van der Waals surface area contributed by atoms with E-state index >= 15 is 0 Å². The molecule has 1 aromatic rings. The Balaban J connectivity index is 1.90. The van der Waals surface area contributed by atoms with Crippen molar-refractivity contribution in [2.75, 3.05) is 0 Å². The molecule has 1 fully saturated rings. The fourth-order valence-electron chi connectivity index (χ4n) is 1.75. The van der Waals surface area contributed by atoms with Crippen molar-refractivity contribution in [3.63, 3.8) is 0 Å². The zero-order valence-electron chi connectivity index (χ0n) is 8.32. The second-order valence-electron chi connectivity index (χ2n) is 4.02. The molecule has 1 aliphatic rings. The second kappa shape index (κ2) is 4.53. The minimum atomic E-state index is 0.290. The van der Waals surface area contributed by atoms with Crippen LogP contribution in [0.15, 0.2) is 24.5 Å². The Kier molecular flexibility index (Phi) is 3.11. The summed E-state index contributed by atoms with van der Waals surface area (Å²) in [5, 5.41) is 0. The largest absolute Gasteiger partial charge is 0.271 e. The fraction of sp³-hybridized carbons (Fsp3) is 0.545. The van der Waals surface area contributed by atoms with Gasteiger partial charge in [-0.3, -0.25) is 16.3 Å². The molecule has 3 nitrogen and oxygen atoms in total. The van der Waals surface area contributed by atoms with Crippen LogP contribution in [0, 0.1) is 5.92 Å². The predicted octanol–water partition coefficient (Wildman–Crippen LogP) is 1.78. The number of rotatable bonds is 5. The molecule has 1 aliphatic carbocycles. The van der Waals surface area contributed by atoms with Gasteiger partial charge in [-0.05, 0) is 36.5 Å². The fourth-order valence-corrected chi connectivity index (χ4v) is 1.75. The highest BCUT2D eigenvalue weighted by Crippen LogP contribution is 2.35. The van der Waals surface area contributed by atoms with E-state index in [1.165, 1.54) is 24.8 Å². The van der Waals surface area contributed by atoms with Gasteiger partial charge in [0.2, 0.25) is 0 Å². The Labute approximate surface area is 84.7 Å². The summed E-state index contributed by atoms with van der Waals surface area (Å²) in [6.07, 6.45) is 8.87. The lowest BCUT2D eigenvalue weighted by atomic mass is 10.0. The van der Waals surface area contributed by atoms with E-state index in [9.17, 15) is 0 Å². The molecule has 0 bridgehead atoms. The molecule has 0 amide bonds. The molecule has 0 aliphatic heterocycles. The third-order valence-corrected chi connectivity index (χ3v) is 2.87. The first-order valence-electron chi connectivity index (χ1n) is 5.26. The van der Waals surface area contributed by atoms with E-state index in [2.05, 4.69) is 10.4 Å². The Morgan fingerprint density at radius 3 is 2.71 bits per heavy atom. The van der Waals surface area contributed by atoms with E-state index < -0.39 is 0 Å². The summed E-state index contributed by atoms with van der Waals surface area (Å²) in [6.45, 7) is 0. The molecule has 14 heavy (non-hydrogen) atoms. The number of nitrogens with zero attached hydrogens (tertiary/aromatic N) is 1.